The number of carbonyl (C=O) groups is 1. The van der Waals surface area contributed by atoms with Gasteiger partial charge in [-0.15, -0.1) is 0 Å². The number of aromatic nitrogens is 2. The van der Waals surface area contributed by atoms with Crippen molar-refractivity contribution in [3.63, 3.8) is 0 Å². The van der Waals surface area contributed by atoms with E-state index in [1.807, 2.05) is 54.3 Å². The largest absolute Gasteiger partial charge is 0.294 e. The van der Waals surface area contributed by atoms with Crippen molar-refractivity contribution in [2.75, 3.05) is 0 Å². The second-order valence-electron chi connectivity index (χ2n) is 4.53. The average molecular weight is 258 g/mol. The van der Waals surface area contributed by atoms with Crippen LogP contribution in [-0.4, -0.2) is 15.7 Å². The van der Waals surface area contributed by atoms with Gasteiger partial charge in [0, 0.05) is 24.2 Å². The number of carbonyl (C=O) groups excluding carboxylic acids is 1. The number of hydrogen-bond acceptors (Lipinski definition) is 3. The van der Waals surface area contributed by atoms with E-state index in [0.29, 0.717) is 12.8 Å². The summed E-state index contributed by atoms with van der Waals surface area (Å²) in [7, 11) is 0. The molecule has 0 radical (unpaired) electrons. The summed E-state index contributed by atoms with van der Waals surface area (Å²) in [6.45, 7) is 2.03. The fraction of sp³-hybridized carbons (Fsp3) is 0.286. The summed E-state index contributed by atoms with van der Waals surface area (Å²) in [5.74, 6) is 4.90. The van der Waals surface area contributed by atoms with Gasteiger partial charge < -0.3 is 0 Å². The number of hydrazine groups is 1. The van der Waals surface area contributed by atoms with Crippen LogP contribution in [0.15, 0.2) is 42.7 Å². The zero-order chi connectivity index (χ0) is 13.7. The molecule has 1 atom stereocenters. The van der Waals surface area contributed by atoms with Crippen molar-refractivity contribution in [3.8, 4) is 11.1 Å². The molecule has 3 N–H and O–H groups in total. The highest BCUT2D eigenvalue weighted by Gasteiger charge is 2.09. The highest BCUT2D eigenvalue weighted by Crippen LogP contribution is 2.20. The van der Waals surface area contributed by atoms with Gasteiger partial charge >= 0.3 is 0 Å². The molecule has 1 unspecified atom stereocenters. The summed E-state index contributed by atoms with van der Waals surface area (Å²) >= 11 is 0. The van der Waals surface area contributed by atoms with Crippen LogP contribution in [0.4, 0.5) is 0 Å². The molecule has 19 heavy (non-hydrogen) atoms. The second kappa shape index (κ2) is 6.15. The predicted octanol–water partition coefficient (Wildman–Crippen LogP) is 1.88. The molecule has 0 saturated carbocycles. The fourth-order valence-electron chi connectivity index (χ4n) is 1.90. The van der Waals surface area contributed by atoms with Crippen molar-refractivity contribution < 1.29 is 4.79 Å². The molecule has 1 aromatic carbocycles. The number of nitrogens with two attached hydrogens (primary N) is 1. The van der Waals surface area contributed by atoms with Crippen molar-refractivity contribution in [3.05, 3.63) is 42.7 Å². The van der Waals surface area contributed by atoms with Crippen LogP contribution in [-0.2, 0) is 4.79 Å². The normalized spacial score (nSPS) is 12.1. The van der Waals surface area contributed by atoms with Crippen molar-refractivity contribution in [1.82, 2.24) is 15.2 Å². The van der Waals surface area contributed by atoms with Crippen LogP contribution in [0.25, 0.3) is 11.1 Å². The minimum atomic E-state index is -0.151. The lowest BCUT2D eigenvalue weighted by Gasteiger charge is -2.11. The standard InChI is InChI=1S/C14H18N4O/c1-11(7-8-14(19)17-15)18-10-13(9-16-18)12-5-3-2-4-6-12/h2-6,9-11H,7-8,15H2,1H3,(H,17,19). The minimum Gasteiger partial charge on any atom is -0.294 e. The Kier molecular flexibility index (Phi) is 4.30. The lowest BCUT2D eigenvalue weighted by molar-refractivity contribution is -0.121. The molecule has 1 amide bonds. The Morgan fingerprint density at radius 3 is 2.79 bits per heavy atom. The maximum absolute atomic E-state index is 11.1. The molecule has 0 bridgehead atoms. The van der Waals surface area contributed by atoms with Crippen LogP contribution in [0.2, 0.25) is 0 Å². The summed E-state index contributed by atoms with van der Waals surface area (Å²) in [6, 6.07) is 10.3. The SMILES string of the molecule is CC(CCC(=O)NN)n1cc(-c2ccccc2)cn1. The third kappa shape index (κ3) is 3.42. The Labute approximate surface area is 112 Å². The molecule has 1 heterocycles. The van der Waals surface area contributed by atoms with Gasteiger partial charge in [-0.2, -0.15) is 5.10 Å². The average Bonchev–Trinajstić information content (AvgIpc) is 2.95. The van der Waals surface area contributed by atoms with Crippen LogP contribution in [0.1, 0.15) is 25.8 Å². The van der Waals surface area contributed by atoms with Gasteiger partial charge in [0.15, 0.2) is 0 Å². The van der Waals surface area contributed by atoms with E-state index in [4.69, 9.17) is 5.84 Å². The van der Waals surface area contributed by atoms with Gasteiger partial charge in [-0.1, -0.05) is 30.3 Å². The summed E-state index contributed by atoms with van der Waals surface area (Å²) in [5.41, 5.74) is 4.35. The van der Waals surface area contributed by atoms with E-state index in [1.165, 1.54) is 0 Å². The summed E-state index contributed by atoms with van der Waals surface area (Å²) < 4.78 is 1.88. The fourth-order valence-corrected chi connectivity index (χ4v) is 1.90. The van der Waals surface area contributed by atoms with Crippen LogP contribution in [0, 0.1) is 0 Å². The molecule has 0 fully saturated rings. The topological polar surface area (TPSA) is 72.9 Å². The Balaban J connectivity index is 2.03. The first kappa shape index (κ1) is 13.3. The number of nitrogens with one attached hydrogen (secondary N) is 1. The number of benzene rings is 1. The third-order valence-corrected chi connectivity index (χ3v) is 3.11. The van der Waals surface area contributed by atoms with Gasteiger partial charge in [0.25, 0.3) is 0 Å². The van der Waals surface area contributed by atoms with E-state index in [1.54, 1.807) is 0 Å². The third-order valence-electron chi connectivity index (χ3n) is 3.11. The van der Waals surface area contributed by atoms with E-state index in [9.17, 15) is 4.79 Å². The van der Waals surface area contributed by atoms with Crippen LogP contribution in [0.5, 0.6) is 0 Å². The Morgan fingerprint density at radius 1 is 1.37 bits per heavy atom. The molecular formula is C14H18N4O. The molecule has 2 rings (SSSR count). The van der Waals surface area contributed by atoms with Crippen LogP contribution >= 0.6 is 0 Å². The van der Waals surface area contributed by atoms with Gasteiger partial charge in [0.1, 0.15) is 0 Å². The lowest BCUT2D eigenvalue weighted by atomic mass is 10.1. The lowest BCUT2D eigenvalue weighted by Crippen LogP contribution is -2.30. The zero-order valence-corrected chi connectivity index (χ0v) is 10.9. The van der Waals surface area contributed by atoms with Crippen LogP contribution in [0.3, 0.4) is 0 Å². The van der Waals surface area contributed by atoms with Gasteiger partial charge in [-0.25, -0.2) is 5.84 Å². The molecule has 0 spiro atoms. The molecule has 0 aliphatic heterocycles. The number of rotatable bonds is 5. The molecule has 100 valence electrons. The molecular weight excluding hydrogens is 240 g/mol. The summed E-state index contributed by atoms with van der Waals surface area (Å²) in [4.78, 5) is 11.1. The number of hydrogen-bond donors (Lipinski definition) is 2. The van der Waals surface area contributed by atoms with E-state index in [0.717, 1.165) is 11.1 Å². The van der Waals surface area contributed by atoms with E-state index in [2.05, 4.69) is 10.5 Å². The van der Waals surface area contributed by atoms with Crippen molar-refractivity contribution in [2.24, 2.45) is 5.84 Å². The monoisotopic (exact) mass is 258 g/mol. The Bertz CT molecular complexity index is 535. The number of amides is 1. The molecule has 0 saturated heterocycles. The minimum absolute atomic E-state index is 0.151. The first-order valence-corrected chi connectivity index (χ1v) is 6.29. The summed E-state index contributed by atoms with van der Waals surface area (Å²) in [5, 5.41) is 4.35. The van der Waals surface area contributed by atoms with E-state index < -0.39 is 0 Å². The van der Waals surface area contributed by atoms with Gasteiger partial charge in [0.2, 0.25) is 5.91 Å². The molecule has 2 aromatic rings. The smallest absolute Gasteiger partial charge is 0.233 e. The number of nitrogens with zero attached hydrogens (tertiary/aromatic N) is 2. The Hall–Kier alpha value is -2.14. The van der Waals surface area contributed by atoms with Gasteiger partial charge in [0.05, 0.1) is 6.20 Å². The maximum Gasteiger partial charge on any atom is 0.233 e. The highest BCUT2D eigenvalue weighted by molar-refractivity contribution is 5.75. The molecule has 1 aromatic heterocycles. The Morgan fingerprint density at radius 2 is 2.11 bits per heavy atom. The molecule has 0 aliphatic carbocycles. The van der Waals surface area contributed by atoms with Crippen molar-refractivity contribution >= 4 is 5.91 Å². The second-order valence-corrected chi connectivity index (χ2v) is 4.53. The summed E-state index contributed by atoms with van der Waals surface area (Å²) in [6.07, 6.45) is 4.95. The first-order chi connectivity index (χ1) is 9.20. The van der Waals surface area contributed by atoms with Gasteiger partial charge in [-0.05, 0) is 18.9 Å². The highest BCUT2D eigenvalue weighted by atomic mass is 16.2. The van der Waals surface area contributed by atoms with Crippen LogP contribution < -0.4 is 11.3 Å². The molecule has 5 heteroatoms. The van der Waals surface area contributed by atoms with E-state index in [-0.39, 0.29) is 11.9 Å². The molecule has 5 nitrogen and oxygen atoms in total. The van der Waals surface area contributed by atoms with Crippen molar-refractivity contribution in [1.29, 1.82) is 0 Å². The van der Waals surface area contributed by atoms with E-state index >= 15 is 0 Å². The zero-order valence-electron chi connectivity index (χ0n) is 10.9. The first-order valence-electron chi connectivity index (χ1n) is 6.29. The van der Waals surface area contributed by atoms with Gasteiger partial charge in [-0.3, -0.25) is 14.9 Å². The molecule has 0 aliphatic rings. The predicted molar refractivity (Wildman–Crippen MR) is 73.9 cm³/mol. The van der Waals surface area contributed by atoms with Crippen molar-refractivity contribution in [2.45, 2.75) is 25.8 Å². The maximum atomic E-state index is 11.1. The quantitative estimate of drug-likeness (QED) is 0.488.